The van der Waals surface area contributed by atoms with Gasteiger partial charge in [-0.1, -0.05) is 48.6 Å². The summed E-state index contributed by atoms with van der Waals surface area (Å²) in [5, 5.41) is 2.70. The molecule has 0 spiro atoms. The molecule has 0 aliphatic heterocycles. The van der Waals surface area contributed by atoms with Crippen LogP contribution in [0, 0.1) is 0 Å². The predicted octanol–water partition coefficient (Wildman–Crippen LogP) is 2.76. The monoisotopic (exact) mass is 367 g/mol. The third kappa shape index (κ3) is 5.54. The summed E-state index contributed by atoms with van der Waals surface area (Å²) < 4.78 is 10.1. The van der Waals surface area contributed by atoms with Crippen molar-refractivity contribution in [3.8, 4) is 0 Å². The van der Waals surface area contributed by atoms with Crippen LogP contribution in [0.25, 0.3) is 0 Å². The average Bonchev–Trinajstić information content (AvgIpc) is 2.72. The zero-order valence-corrected chi connectivity index (χ0v) is 15.1. The van der Waals surface area contributed by atoms with Crippen LogP contribution in [0.4, 0.5) is 0 Å². The number of carbonyl (C=O) groups excluding carboxylic acids is 3. The van der Waals surface area contributed by atoms with Crippen molar-refractivity contribution in [2.45, 2.75) is 19.1 Å². The average molecular weight is 367 g/mol. The fourth-order valence-corrected chi connectivity index (χ4v) is 2.40. The summed E-state index contributed by atoms with van der Waals surface area (Å²) >= 11 is 0. The third-order valence-corrected chi connectivity index (χ3v) is 3.74. The molecule has 0 radical (unpaired) electrons. The largest absolute Gasteiger partial charge is 0.466 e. The molecule has 27 heavy (non-hydrogen) atoms. The Morgan fingerprint density at radius 2 is 1.48 bits per heavy atom. The number of carbonyl (C=O) groups is 3. The van der Waals surface area contributed by atoms with Gasteiger partial charge in [0, 0.05) is 5.56 Å². The molecule has 6 nitrogen and oxygen atoms in total. The quantitative estimate of drug-likeness (QED) is 0.601. The normalized spacial score (nSPS) is 12.8. The van der Waals surface area contributed by atoms with Gasteiger partial charge >= 0.3 is 11.9 Å². The molecule has 6 heteroatoms. The molecule has 0 bridgehead atoms. The van der Waals surface area contributed by atoms with E-state index in [1.165, 1.54) is 7.11 Å². The Kier molecular flexibility index (Phi) is 7.31. The summed E-state index contributed by atoms with van der Waals surface area (Å²) in [5.74, 6) is -1.85. The number of methoxy groups -OCH3 is 1. The van der Waals surface area contributed by atoms with Gasteiger partial charge in [-0.05, 0) is 31.2 Å². The molecule has 1 N–H and O–H groups in total. The van der Waals surface area contributed by atoms with Crippen molar-refractivity contribution in [1.82, 2.24) is 5.32 Å². The second kappa shape index (κ2) is 9.91. The lowest BCUT2D eigenvalue weighted by molar-refractivity contribution is -0.151. The highest BCUT2D eigenvalue weighted by Gasteiger charge is 2.33. The lowest BCUT2D eigenvalue weighted by Crippen LogP contribution is -2.48. The minimum atomic E-state index is -1.33. The lowest BCUT2D eigenvalue weighted by Gasteiger charge is -2.24. The van der Waals surface area contributed by atoms with Gasteiger partial charge in [0.1, 0.15) is 0 Å². The first-order valence-corrected chi connectivity index (χ1v) is 8.39. The molecular formula is C21H21NO5. The number of hydrogen-bond acceptors (Lipinski definition) is 5. The van der Waals surface area contributed by atoms with Gasteiger partial charge in [0.2, 0.25) is 6.10 Å². The third-order valence-electron chi connectivity index (χ3n) is 3.74. The standard InChI is InChI=1S/C21H21NO5/c1-3-10-17(22-19(23)15-11-6-4-7-12-15)18(21(25)26-2)27-20(24)16-13-8-5-9-14-16/h3-14,17-18H,1-2H3,(H,22,23)/b10-3+/t17-,18-/m0/s1. The highest BCUT2D eigenvalue weighted by atomic mass is 16.6. The van der Waals surface area contributed by atoms with E-state index in [9.17, 15) is 14.4 Å². The Balaban J connectivity index is 2.23. The zero-order chi connectivity index (χ0) is 19.6. The number of amides is 1. The maximum atomic E-state index is 12.5. The summed E-state index contributed by atoms with van der Waals surface area (Å²) in [6.45, 7) is 1.73. The van der Waals surface area contributed by atoms with Gasteiger partial charge in [0.05, 0.1) is 18.7 Å². The predicted molar refractivity (Wildman–Crippen MR) is 100 cm³/mol. The van der Waals surface area contributed by atoms with E-state index in [4.69, 9.17) is 9.47 Å². The number of benzene rings is 2. The Hall–Kier alpha value is -3.41. The highest BCUT2D eigenvalue weighted by Crippen LogP contribution is 2.11. The fraction of sp³-hybridized carbons (Fsp3) is 0.190. The molecule has 140 valence electrons. The summed E-state index contributed by atoms with van der Waals surface area (Å²) in [6.07, 6.45) is 1.90. The van der Waals surface area contributed by atoms with Crippen LogP contribution < -0.4 is 5.32 Å². The minimum Gasteiger partial charge on any atom is -0.466 e. The Labute approximate surface area is 157 Å². The van der Waals surface area contributed by atoms with Crippen LogP contribution in [0.2, 0.25) is 0 Å². The second-order valence-electron chi connectivity index (χ2n) is 5.61. The highest BCUT2D eigenvalue weighted by molar-refractivity contribution is 5.95. The molecule has 0 aliphatic carbocycles. The number of nitrogens with one attached hydrogen (secondary N) is 1. The summed E-state index contributed by atoms with van der Waals surface area (Å²) in [6, 6.07) is 15.9. The molecule has 2 aromatic carbocycles. The van der Waals surface area contributed by atoms with Gasteiger partial charge in [0.25, 0.3) is 5.91 Å². The van der Waals surface area contributed by atoms with Gasteiger partial charge in [-0.3, -0.25) is 4.79 Å². The molecule has 0 aliphatic rings. The van der Waals surface area contributed by atoms with Crippen molar-refractivity contribution in [1.29, 1.82) is 0 Å². The Morgan fingerprint density at radius 3 is 2.00 bits per heavy atom. The minimum absolute atomic E-state index is 0.292. The maximum absolute atomic E-state index is 12.5. The number of rotatable bonds is 7. The first-order chi connectivity index (χ1) is 13.1. The molecule has 0 aromatic heterocycles. The number of ether oxygens (including phenoxy) is 2. The van der Waals surface area contributed by atoms with Crippen LogP contribution in [0.5, 0.6) is 0 Å². The SMILES string of the molecule is C/C=C/[C@H](NC(=O)c1ccccc1)[C@H](OC(=O)c1ccccc1)C(=O)OC. The summed E-state index contributed by atoms with van der Waals surface area (Å²) in [5.41, 5.74) is 0.713. The first-order valence-electron chi connectivity index (χ1n) is 8.39. The van der Waals surface area contributed by atoms with Gasteiger partial charge < -0.3 is 14.8 Å². The van der Waals surface area contributed by atoms with Crippen molar-refractivity contribution in [2.75, 3.05) is 7.11 Å². The van der Waals surface area contributed by atoms with Crippen molar-refractivity contribution >= 4 is 17.8 Å². The molecular weight excluding hydrogens is 346 g/mol. The molecule has 2 rings (SSSR count). The summed E-state index contributed by atoms with van der Waals surface area (Å²) in [7, 11) is 1.19. The van der Waals surface area contributed by atoms with E-state index in [-0.39, 0.29) is 0 Å². The number of allylic oxidation sites excluding steroid dienone is 1. The van der Waals surface area contributed by atoms with E-state index in [1.807, 2.05) is 0 Å². The second-order valence-corrected chi connectivity index (χ2v) is 5.61. The van der Waals surface area contributed by atoms with Crippen molar-refractivity contribution in [3.63, 3.8) is 0 Å². The van der Waals surface area contributed by atoms with E-state index in [0.29, 0.717) is 11.1 Å². The van der Waals surface area contributed by atoms with Crippen molar-refractivity contribution < 1.29 is 23.9 Å². The molecule has 0 fully saturated rings. The smallest absolute Gasteiger partial charge is 0.349 e. The van der Waals surface area contributed by atoms with Crippen molar-refractivity contribution in [3.05, 3.63) is 83.9 Å². The van der Waals surface area contributed by atoms with Gasteiger partial charge in [-0.25, -0.2) is 9.59 Å². The van der Waals surface area contributed by atoms with Crippen LogP contribution in [0.15, 0.2) is 72.8 Å². The first kappa shape index (κ1) is 19.9. The van der Waals surface area contributed by atoms with E-state index in [0.717, 1.165) is 0 Å². The maximum Gasteiger partial charge on any atom is 0.349 e. The zero-order valence-electron chi connectivity index (χ0n) is 15.1. The van der Waals surface area contributed by atoms with Crippen molar-refractivity contribution in [2.24, 2.45) is 0 Å². The molecule has 2 aromatic rings. The fourth-order valence-electron chi connectivity index (χ4n) is 2.40. The van der Waals surface area contributed by atoms with Crippen LogP contribution >= 0.6 is 0 Å². The van der Waals surface area contributed by atoms with Gasteiger partial charge in [-0.15, -0.1) is 0 Å². The van der Waals surface area contributed by atoms with E-state index in [2.05, 4.69) is 5.32 Å². The molecule has 0 unspecified atom stereocenters. The lowest BCUT2D eigenvalue weighted by atomic mass is 10.1. The number of hydrogen-bond donors (Lipinski definition) is 1. The van der Waals surface area contributed by atoms with E-state index >= 15 is 0 Å². The van der Waals surface area contributed by atoms with Gasteiger partial charge in [0.15, 0.2) is 0 Å². The van der Waals surface area contributed by atoms with Gasteiger partial charge in [-0.2, -0.15) is 0 Å². The molecule has 0 heterocycles. The number of esters is 2. The van der Waals surface area contributed by atoms with Crippen LogP contribution in [0.1, 0.15) is 27.6 Å². The molecule has 1 amide bonds. The van der Waals surface area contributed by atoms with Crippen LogP contribution in [-0.4, -0.2) is 37.1 Å². The topological polar surface area (TPSA) is 81.7 Å². The van der Waals surface area contributed by atoms with Crippen LogP contribution in [0.3, 0.4) is 0 Å². The van der Waals surface area contributed by atoms with E-state index in [1.54, 1.807) is 79.7 Å². The molecule has 0 saturated carbocycles. The Bertz CT molecular complexity index is 802. The molecule has 0 saturated heterocycles. The van der Waals surface area contributed by atoms with Crippen LogP contribution in [-0.2, 0) is 14.3 Å². The Morgan fingerprint density at radius 1 is 0.926 bits per heavy atom. The summed E-state index contributed by atoms with van der Waals surface area (Å²) in [4.78, 5) is 37.1. The van der Waals surface area contributed by atoms with E-state index < -0.39 is 30.0 Å². The molecule has 2 atom stereocenters.